The predicted octanol–water partition coefficient (Wildman–Crippen LogP) is 0.804. The van der Waals surface area contributed by atoms with Gasteiger partial charge < -0.3 is 0 Å². The van der Waals surface area contributed by atoms with Gasteiger partial charge >= 0.3 is 0 Å². The highest BCUT2D eigenvalue weighted by Gasteiger charge is 2.18. The molecule has 4 nitrogen and oxygen atoms in total. The van der Waals surface area contributed by atoms with Crippen LogP contribution in [0.4, 0.5) is 5.82 Å². The second kappa shape index (κ2) is 2.73. The second-order valence-electron chi connectivity index (χ2n) is 2.40. The molecule has 0 saturated heterocycles. The van der Waals surface area contributed by atoms with Crippen molar-refractivity contribution in [1.82, 2.24) is 4.98 Å². The summed E-state index contributed by atoms with van der Waals surface area (Å²) in [5.41, 5.74) is 0. The van der Waals surface area contributed by atoms with Crippen LogP contribution in [0.1, 0.15) is 6.42 Å². The first-order chi connectivity index (χ1) is 5.88. The largest absolute Gasteiger partial charge is 0.272 e. The molecule has 1 aliphatic rings. The molecule has 0 aliphatic carbocycles. The van der Waals surface area contributed by atoms with Crippen molar-refractivity contribution < 1.29 is 4.79 Å². The summed E-state index contributed by atoms with van der Waals surface area (Å²) in [5, 5.41) is 5.19. The first-order valence-electron chi connectivity index (χ1n) is 3.64. The minimum Gasteiger partial charge on any atom is -0.272 e. The Morgan fingerprint density at radius 1 is 1.42 bits per heavy atom. The molecule has 1 aliphatic heterocycles. The number of hydrogen-bond donors (Lipinski definition) is 0. The van der Waals surface area contributed by atoms with Gasteiger partial charge in [0.05, 0.1) is 6.42 Å². The fourth-order valence-corrected chi connectivity index (χ4v) is 1.02. The van der Waals surface area contributed by atoms with Crippen molar-refractivity contribution in [2.75, 3.05) is 5.01 Å². The van der Waals surface area contributed by atoms with E-state index in [4.69, 9.17) is 0 Å². The van der Waals surface area contributed by atoms with E-state index in [2.05, 4.69) is 10.1 Å². The van der Waals surface area contributed by atoms with Crippen molar-refractivity contribution in [3.63, 3.8) is 0 Å². The van der Waals surface area contributed by atoms with Gasteiger partial charge in [-0.05, 0) is 12.1 Å². The molecule has 2 rings (SSSR count). The molecule has 1 amide bonds. The van der Waals surface area contributed by atoms with Crippen LogP contribution in [0.25, 0.3) is 0 Å². The molecular weight excluding hydrogens is 154 g/mol. The van der Waals surface area contributed by atoms with Crippen LogP contribution < -0.4 is 5.01 Å². The average Bonchev–Trinajstić information content (AvgIpc) is 2.53. The summed E-state index contributed by atoms with van der Waals surface area (Å²) >= 11 is 0. The Balaban J connectivity index is 2.31. The Hall–Kier alpha value is -1.71. The molecule has 0 N–H and O–H groups in total. The fourth-order valence-electron chi connectivity index (χ4n) is 1.02. The molecule has 0 spiro atoms. The molecule has 60 valence electrons. The maximum Gasteiger partial charge on any atom is 0.254 e. The topological polar surface area (TPSA) is 45.6 Å². The molecule has 0 aromatic carbocycles. The highest BCUT2D eigenvalue weighted by Crippen LogP contribution is 2.13. The minimum absolute atomic E-state index is 0.0336. The first-order valence-corrected chi connectivity index (χ1v) is 3.64. The zero-order valence-electron chi connectivity index (χ0n) is 6.34. The molecule has 0 fully saturated rings. The molecule has 1 aromatic heterocycles. The van der Waals surface area contributed by atoms with E-state index in [1.165, 1.54) is 5.01 Å². The molecule has 0 bridgehead atoms. The van der Waals surface area contributed by atoms with Gasteiger partial charge in [0, 0.05) is 12.4 Å². The highest BCUT2D eigenvalue weighted by molar-refractivity contribution is 6.04. The van der Waals surface area contributed by atoms with Gasteiger partial charge in [-0.2, -0.15) is 10.1 Å². The number of carbonyl (C=O) groups is 1. The Morgan fingerprint density at radius 2 is 2.33 bits per heavy atom. The van der Waals surface area contributed by atoms with Gasteiger partial charge in [-0.1, -0.05) is 6.07 Å². The van der Waals surface area contributed by atoms with Crippen molar-refractivity contribution in [3.05, 3.63) is 24.4 Å². The van der Waals surface area contributed by atoms with E-state index < -0.39 is 0 Å². The molecular formula is C8H7N3O. The van der Waals surface area contributed by atoms with Gasteiger partial charge in [0.1, 0.15) is 0 Å². The number of carbonyl (C=O) groups excluding carboxylic acids is 1. The lowest BCUT2D eigenvalue weighted by Gasteiger charge is -2.08. The van der Waals surface area contributed by atoms with Crippen molar-refractivity contribution in [2.45, 2.75) is 6.42 Å². The minimum atomic E-state index is -0.0336. The normalized spacial score (nSPS) is 15.7. The predicted molar refractivity (Wildman–Crippen MR) is 44.8 cm³/mol. The van der Waals surface area contributed by atoms with Gasteiger partial charge in [-0.25, -0.2) is 4.98 Å². The second-order valence-corrected chi connectivity index (χ2v) is 2.40. The zero-order valence-corrected chi connectivity index (χ0v) is 6.34. The van der Waals surface area contributed by atoms with Crippen LogP contribution in [0.5, 0.6) is 0 Å². The number of hydrazone groups is 1. The van der Waals surface area contributed by atoms with E-state index in [-0.39, 0.29) is 5.91 Å². The van der Waals surface area contributed by atoms with Crippen molar-refractivity contribution in [3.8, 4) is 0 Å². The van der Waals surface area contributed by atoms with Crippen LogP contribution >= 0.6 is 0 Å². The van der Waals surface area contributed by atoms with E-state index in [1.54, 1.807) is 24.5 Å². The van der Waals surface area contributed by atoms with Crippen LogP contribution in [0.2, 0.25) is 0 Å². The quantitative estimate of drug-likeness (QED) is 0.611. The number of amides is 1. The maximum atomic E-state index is 11.1. The lowest BCUT2D eigenvalue weighted by atomic mass is 10.4. The molecule has 0 radical (unpaired) electrons. The number of nitrogens with zero attached hydrogens (tertiary/aromatic N) is 3. The highest BCUT2D eigenvalue weighted by atomic mass is 16.2. The third kappa shape index (κ3) is 1.07. The summed E-state index contributed by atoms with van der Waals surface area (Å²) in [4.78, 5) is 15.1. The number of hydrogen-bond acceptors (Lipinski definition) is 3. The van der Waals surface area contributed by atoms with Gasteiger partial charge in [0.25, 0.3) is 5.91 Å². The Labute approximate surface area is 69.5 Å². The molecule has 0 atom stereocenters. The first kappa shape index (κ1) is 6.97. The molecule has 1 aromatic rings. The zero-order chi connectivity index (χ0) is 8.39. The summed E-state index contributed by atoms with van der Waals surface area (Å²) in [6.45, 7) is 0. The van der Waals surface area contributed by atoms with Crippen molar-refractivity contribution in [1.29, 1.82) is 0 Å². The Bertz CT molecular complexity index is 320. The van der Waals surface area contributed by atoms with E-state index in [0.717, 1.165) is 0 Å². The van der Waals surface area contributed by atoms with E-state index >= 15 is 0 Å². The average molecular weight is 161 g/mol. The lowest BCUT2D eigenvalue weighted by molar-refractivity contribution is -0.116. The van der Waals surface area contributed by atoms with Crippen LogP contribution in [-0.4, -0.2) is 17.1 Å². The van der Waals surface area contributed by atoms with E-state index in [9.17, 15) is 4.79 Å². The standard InChI is InChI=1S/C8H7N3O/c12-8-4-6-10-11(8)7-3-1-2-5-9-7/h1-3,5-6H,4H2. The third-order valence-electron chi connectivity index (χ3n) is 1.57. The molecule has 12 heavy (non-hydrogen) atoms. The number of rotatable bonds is 1. The van der Waals surface area contributed by atoms with Gasteiger partial charge in [0.2, 0.25) is 0 Å². The Kier molecular flexibility index (Phi) is 1.59. The summed E-state index contributed by atoms with van der Waals surface area (Å²) < 4.78 is 0. The van der Waals surface area contributed by atoms with Crippen LogP contribution in [0.15, 0.2) is 29.5 Å². The van der Waals surface area contributed by atoms with Crippen LogP contribution in [0, 0.1) is 0 Å². The van der Waals surface area contributed by atoms with Gasteiger partial charge in [0.15, 0.2) is 5.82 Å². The van der Waals surface area contributed by atoms with E-state index in [0.29, 0.717) is 12.2 Å². The van der Waals surface area contributed by atoms with E-state index in [1.807, 2.05) is 6.07 Å². The third-order valence-corrected chi connectivity index (χ3v) is 1.57. The summed E-state index contributed by atoms with van der Waals surface area (Å²) in [5.74, 6) is 0.546. The maximum absolute atomic E-state index is 11.1. The molecule has 4 heteroatoms. The number of pyridine rings is 1. The van der Waals surface area contributed by atoms with Crippen molar-refractivity contribution in [2.24, 2.45) is 5.10 Å². The van der Waals surface area contributed by atoms with Crippen molar-refractivity contribution >= 4 is 17.9 Å². The summed E-state index contributed by atoms with van der Waals surface area (Å²) in [6, 6.07) is 5.37. The summed E-state index contributed by atoms with van der Waals surface area (Å²) in [6.07, 6.45) is 3.59. The monoisotopic (exact) mass is 161 g/mol. The number of aromatic nitrogens is 1. The van der Waals surface area contributed by atoms with Gasteiger partial charge in [-0.3, -0.25) is 4.79 Å². The molecule has 0 unspecified atom stereocenters. The fraction of sp³-hybridized carbons (Fsp3) is 0.125. The van der Waals surface area contributed by atoms with Gasteiger partial charge in [-0.15, -0.1) is 0 Å². The van der Waals surface area contributed by atoms with Crippen LogP contribution in [0.3, 0.4) is 0 Å². The van der Waals surface area contributed by atoms with Crippen LogP contribution in [-0.2, 0) is 4.79 Å². The Morgan fingerprint density at radius 3 is 2.92 bits per heavy atom. The summed E-state index contributed by atoms with van der Waals surface area (Å²) in [7, 11) is 0. The smallest absolute Gasteiger partial charge is 0.254 e. The molecule has 0 saturated carbocycles. The number of anilines is 1. The lowest BCUT2D eigenvalue weighted by Crippen LogP contribution is -2.20. The molecule has 2 heterocycles. The SMILES string of the molecule is O=C1CC=NN1c1ccccn1.